The fourth-order valence-electron chi connectivity index (χ4n) is 5.06. The second-order valence-electron chi connectivity index (χ2n) is 8.62. The Morgan fingerprint density at radius 3 is 2.91 bits per heavy atom. The third kappa shape index (κ3) is 3.71. The summed E-state index contributed by atoms with van der Waals surface area (Å²) in [4.78, 5) is 23.5. The van der Waals surface area contributed by atoms with Gasteiger partial charge < -0.3 is 20.5 Å². The first-order valence-electron chi connectivity index (χ1n) is 11.0. The van der Waals surface area contributed by atoms with E-state index >= 15 is 0 Å². The first-order valence-corrected chi connectivity index (χ1v) is 11.0. The average Bonchev–Trinajstić information content (AvgIpc) is 3.49. The van der Waals surface area contributed by atoms with Crippen molar-refractivity contribution in [1.29, 1.82) is 0 Å². The molecular formula is C24H25N3O5. The lowest BCUT2D eigenvalue weighted by Crippen LogP contribution is -2.32. The van der Waals surface area contributed by atoms with Crippen molar-refractivity contribution in [2.75, 3.05) is 18.5 Å². The predicted octanol–water partition coefficient (Wildman–Crippen LogP) is 4.04. The van der Waals surface area contributed by atoms with Gasteiger partial charge in [0.25, 0.3) is 11.6 Å². The zero-order valence-electron chi connectivity index (χ0n) is 17.5. The molecule has 0 saturated carbocycles. The topological polar surface area (TPSA) is 114 Å². The number of nitrogens with one attached hydrogen (secondary N) is 2. The molecule has 3 aliphatic rings. The van der Waals surface area contributed by atoms with E-state index in [9.17, 15) is 20.0 Å². The largest absolute Gasteiger partial charge is 0.508 e. The minimum absolute atomic E-state index is 0.0346. The quantitative estimate of drug-likeness (QED) is 0.371. The summed E-state index contributed by atoms with van der Waals surface area (Å²) in [5.41, 5.74) is 2.95. The molecule has 0 spiro atoms. The van der Waals surface area contributed by atoms with Gasteiger partial charge in [-0.25, -0.2) is 0 Å². The lowest BCUT2D eigenvalue weighted by Gasteiger charge is -2.37. The van der Waals surface area contributed by atoms with Gasteiger partial charge in [0.1, 0.15) is 5.75 Å². The SMILES string of the molecule is O=C(NCC1CCCO1)c1ccc2c(c1)C1C=CCC1C(c1cc([N+](=O)[O-])ccc1O)N2. The number of carbonyl (C=O) groups excluding carboxylic acids is 1. The Kier molecular flexibility index (Phi) is 5.30. The van der Waals surface area contributed by atoms with E-state index in [1.54, 1.807) is 6.07 Å². The number of hydrogen-bond acceptors (Lipinski definition) is 6. The van der Waals surface area contributed by atoms with Crippen molar-refractivity contribution in [1.82, 2.24) is 5.32 Å². The number of amides is 1. The van der Waals surface area contributed by atoms with Crippen LogP contribution in [-0.2, 0) is 4.74 Å². The zero-order chi connectivity index (χ0) is 22.2. The third-order valence-electron chi connectivity index (χ3n) is 6.70. The maximum absolute atomic E-state index is 12.7. The van der Waals surface area contributed by atoms with Crippen LogP contribution in [0.5, 0.6) is 5.75 Å². The number of carbonyl (C=O) groups is 1. The summed E-state index contributed by atoms with van der Waals surface area (Å²) >= 11 is 0. The molecule has 2 aliphatic heterocycles. The van der Waals surface area contributed by atoms with E-state index in [0.717, 1.165) is 37.1 Å². The Bertz CT molecular complexity index is 1090. The van der Waals surface area contributed by atoms with Crippen molar-refractivity contribution >= 4 is 17.3 Å². The van der Waals surface area contributed by atoms with E-state index in [4.69, 9.17) is 4.74 Å². The minimum atomic E-state index is -0.453. The smallest absolute Gasteiger partial charge is 0.270 e. The number of benzene rings is 2. The molecule has 3 N–H and O–H groups in total. The highest BCUT2D eigenvalue weighted by Gasteiger charge is 2.39. The maximum atomic E-state index is 12.7. The Morgan fingerprint density at radius 1 is 1.25 bits per heavy atom. The van der Waals surface area contributed by atoms with E-state index in [-0.39, 0.29) is 41.3 Å². The molecule has 1 fully saturated rings. The average molecular weight is 435 g/mol. The van der Waals surface area contributed by atoms with Crippen LogP contribution in [0.3, 0.4) is 0 Å². The molecule has 1 saturated heterocycles. The number of phenolic OH excluding ortho intramolecular Hbond substituents is 1. The summed E-state index contributed by atoms with van der Waals surface area (Å²) in [6.45, 7) is 1.26. The van der Waals surface area contributed by atoms with Gasteiger partial charge in [-0.05, 0) is 55.0 Å². The molecule has 0 radical (unpaired) electrons. The number of non-ortho nitro benzene ring substituents is 1. The van der Waals surface area contributed by atoms with Crippen molar-refractivity contribution in [3.63, 3.8) is 0 Å². The van der Waals surface area contributed by atoms with Crippen molar-refractivity contribution in [3.8, 4) is 5.75 Å². The van der Waals surface area contributed by atoms with Gasteiger partial charge in [0.2, 0.25) is 0 Å². The molecule has 5 rings (SSSR count). The highest BCUT2D eigenvalue weighted by Crippen LogP contribution is 2.51. The Morgan fingerprint density at radius 2 is 2.12 bits per heavy atom. The van der Waals surface area contributed by atoms with Gasteiger partial charge in [0, 0.05) is 48.0 Å². The van der Waals surface area contributed by atoms with Crippen LogP contribution in [0.15, 0.2) is 48.6 Å². The molecule has 8 nitrogen and oxygen atoms in total. The molecule has 2 aromatic carbocycles. The standard InChI is InChI=1S/C24H25N3O5/c28-22-9-7-15(27(30)31)12-20(22)23-18-5-1-4-17(18)19-11-14(6-8-21(19)26-23)24(29)25-13-16-3-2-10-32-16/h1,4,6-9,11-12,16-18,23,26,28H,2-3,5,10,13H2,(H,25,29). The number of nitrogens with zero attached hydrogens (tertiary/aromatic N) is 1. The number of allylic oxidation sites excluding steroid dienone is 2. The number of hydrogen-bond donors (Lipinski definition) is 3. The van der Waals surface area contributed by atoms with Gasteiger partial charge in [0.15, 0.2) is 0 Å². The molecule has 8 heteroatoms. The van der Waals surface area contributed by atoms with E-state index in [1.807, 2.05) is 12.1 Å². The number of phenols is 1. The number of nitro benzene ring substituents is 1. The maximum Gasteiger partial charge on any atom is 0.270 e. The first kappa shape index (κ1) is 20.5. The molecule has 166 valence electrons. The second-order valence-corrected chi connectivity index (χ2v) is 8.62. The van der Waals surface area contributed by atoms with Crippen molar-refractivity contribution < 1.29 is 19.6 Å². The van der Waals surface area contributed by atoms with Crippen LogP contribution in [0.4, 0.5) is 11.4 Å². The summed E-state index contributed by atoms with van der Waals surface area (Å²) in [6.07, 6.45) is 7.08. The summed E-state index contributed by atoms with van der Waals surface area (Å²) in [7, 11) is 0. The van der Waals surface area contributed by atoms with Crippen LogP contribution in [0.1, 0.15) is 52.7 Å². The summed E-state index contributed by atoms with van der Waals surface area (Å²) in [5.74, 6) is 0.0500. The molecular weight excluding hydrogens is 410 g/mol. The molecule has 0 aromatic heterocycles. The first-order chi connectivity index (χ1) is 15.5. The van der Waals surface area contributed by atoms with Crippen LogP contribution >= 0.6 is 0 Å². The number of ether oxygens (including phenoxy) is 1. The van der Waals surface area contributed by atoms with Crippen LogP contribution < -0.4 is 10.6 Å². The molecule has 0 bridgehead atoms. The van der Waals surface area contributed by atoms with E-state index < -0.39 is 4.92 Å². The van der Waals surface area contributed by atoms with E-state index in [0.29, 0.717) is 17.7 Å². The molecule has 4 unspecified atom stereocenters. The van der Waals surface area contributed by atoms with Crippen molar-refractivity contribution in [3.05, 3.63) is 75.4 Å². The van der Waals surface area contributed by atoms with Gasteiger partial charge >= 0.3 is 0 Å². The van der Waals surface area contributed by atoms with E-state index in [2.05, 4.69) is 22.8 Å². The Balaban J connectivity index is 1.41. The minimum Gasteiger partial charge on any atom is -0.508 e. The third-order valence-corrected chi connectivity index (χ3v) is 6.70. The van der Waals surface area contributed by atoms with Crippen LogP contribution in [0, 0.1) is 16.0 Å². The normalized spacial score (nSPS) is 25.6. The number of rotatable bonds is 5. The van der Waals surface area contributed by atoms with Crippen molar-refractivity contribution in [2.24, 2.45) is 5.92 Å². The van der Waals surface area contributed by atoms with Crippen molar-refractivity contribution in [2.45, 2.75) is 37.3 Å². The molecule has 4 atom stereocenters. The fraction of sp³-hybridized carbons (Fsp3) is 0.375. The van der Waals surface area contributed by atoms with Gasteiger partial charge in [0.05, 0.1) is 17.1 Å². The van der Waals surface area contributed by atoms with Gasteiger partial charge in [-0.2, -0.15) is 0 Å². The van der Waals surface area contributed by atoms with Gasteiger partial charge in [-0.1, -0.05) is 12.2 Å². The number of fused-ring (bicyclic) bond motifs is 3. The summed E-state index contributed by atoms with van der Waals surface area (Å²) in [6, 6.07) is 9.43. The highest BCUT2D eigenvalue weighted by molar-refractivity contribution is 5.95. The molecule has 2 aromatic rings. The van der Waals surface area contributed by atoms with Crippen LogP contribution in [-0.4, -0.2) is 35.2 Å². The summed E-state index contributed by atoms with van der Waals surface area (Å²) < 4.78 is 5.58. The zero-order valence-corrected chi connectivity index (χ0v) is 17.5. The van der Waals surface area contributed by atoms with Gasteiger partial charge in [-0.3, -0.25) is 14.9 Å². The Labute approximate surface area is 185 Å². The Hall–Kier alpha value is -3.39. The van der Waals surface area contributed by atoms with Gasteiger partial charge in [-0.15, -0.1) is 0 Å². The predicted molar refractivity (Wildman–Crippen MR) is 119 cm³/mol. The lowest BCUT2D eigenvalue weighted by molar-refractivity contribution is -0.385. The summed E-state index contributed by atoms with van der Waals surface area (Å²) in [5, 5.41) is 28.1. The molecule has 2 heterocycles. The molecule has 1 aliphatic carbocycles. The molecule has 1 amide bonds. The monoisotopic (exact) mass is 435 g/mol. The number of nitro groups is 1. The number of anilines is 1. The highest BCUT2D eigenvalue weighted by atomic mass is 16.6. The lowest BCUT2D eigenvalue weighted by atomic mass is 9.76. The van der Waals surface area contributed by atoms with E-state index in [1.165, 1.54) is 18.2 Å². The molecule has 32 heavy (non-hydrogen) atoms. The van der Waals surface area contributed by atoms with Crippen LogP contribution in [0.25, 0.3) is 0 Å². The number of aromatic hydroxyl groups is 1. The second kappa shape index (κ2) is 8.27. The fourth-order valence-corrected chi connectivity index (χ4v) is 5.06. The van der Waals surface area contributed by atoms with Crippen LogP contribution in [0.2, 0.25) is 0 Å².